The number of nitrogens with two attached hydrogens (primary N) is 1. The summed E-state index contributed by atoms with van der Waals surface area (Å²) < 4.78 is 18.5. The Bertz CT molecular complexity index is 2500. The maximum atomic E-state index is 6.57. The van der Waals surface area contributed by atoms with Gasteiger partial charge in [-0.25, -0.2) is 0 Å². The maximum Gasteiger partial charge on any atom is 0.124 e. The van der Waals surface area contributed by atoms with E-state index in [0.29, 0.717) is 5.69 Å². The van der Waals surface area contributed by atoms with Crippen molar-refractivity contribution in [1.82, 2.24) is 4.57 Å². The van der Waals surface area contributed by atoms with Gasteiger partial charge in [0.15, 0.2) is 0 Å². The van der Waals surface area contributed by atoms with Gasteiger partial charge in [0, 0.05) is 16.6 Å². The molecule has 0 amide bonds. The average Bonchev–Trinajstić information content (AvgIpc) is 3.54. The van der Waals surface area contributed by atoms with Crippen LogP contribution < -0.4 is 25.3 Å². The van der Waals surface area contributed by atoms with Crippen LogP contribution in [0.4, 0.5) is 17.2 Å². The number of hydrogen-bond acceptors (Lipinski definition) is 5. The lowest BCUT2D eigenvalue weighted by Gasteiger charge is -2.17. The molecule has 6 nitrogen and oxygen atoms in total. The van der Waals surface area contributed by atoms with Crippen LogP contribution in [0.2, 0.25) is 0 Å². The standard InChI is InChI=1S/C47H39N3O3/c1-51-39-23-14-33(15-24-39)31-8-10-36(11-9-31)46-42-30-37(35-18-27-41(53-3)28-19-35)20-29-45(42)50(47(46)49-44-7-5-4-6-43(44)48)38-21-12-32(13-22-38)34-16-25-40(52-2)26-17-34/h4-30,49H,48H2,1-3H3. The fourth-order valence-electron chi connectivity index (χ4n) is 6.87. The Hall–Kier alpha value is -6.92. The Balaban J connectivity index is 1.33. The van der Waals surface area contributed by atoms with Crippen molar-refractivity contribution in [3.63, 3.8) is 0 Å². The SMILES string of the molecule is COc1ccc(-c2ccc(-c3c(Nc4ccccc4N)n(-c4ccc(-c5ccc(OC)cc5)cc4)c4ccc(-c5ccc(OC)cc5)cc34)cc2)cc1. The minimum absolute atomic E-state index is 0.666. The predicted octanol–water partition coefficient (Wildman–Crippen LogP) is 11.7. The zero-order valence-electron chi connectivity index (χ0n) is 29.8. The van der Waals surface area contributed by atoms with E-state index in [9.17, 15) is 0 Å². The van der Waals surface area contributed by atoms with Crippen LogP contribution in [0.25, 0.3) is 61.1 Å². The fraction of sp³-hybridized carbons (Fsp3) is 0.0638. The zero-order chi connectivity index (χ0) is 36.3. The number of fused-ring (bicyclic) bond motifs is 1. The highest BCUT2D eigenvalue weighted by atomic mass is 16.5. The molecule has 0 radical (unpaired) electrons. The summed E-state index contributed by atoms with van der Waals surface area (Å²) in [5.41, 5.74) is 19.0. The summed E-state index contributed by atoms with van der Waals surface area (Å²) in [6.45, 7) is 0. The summed E-state index contributed by atoms with van der Waals surface area (Å²) >= 11 is 0. The Morgan fingerprint density at radius 3 is 1.36 bits per heavy atom. The molecule has 8 rings (SSSR count). The molecular formula is C47H39N3O3. The van der Waals surface area contributed by atoms with E-state index in [0.717, 1.165) is 89.9 Å². The highest BCUT2D eigenvalue weighted by molar-refractivity contribution is 6.07. The maximum absolute atomic E-state index is 6.57. The van der Waals surface area contributed by atoms with Gasteiger partial charge >= 0.3 is 0 Å². The number of nitrogens with zero attached hydrogens (tertiary/aromatic N) is 1. The van der Waals surface area contributed by atoms with Crippen molar-refractivity contribution < 1.29 is 14.2 Å². The number of para-hydroxylation sites is 2. The first-order chi connectivity index (χ1) is 26.0. The smallest absolute Gasteiger partial charge is 0.124 e. The van der Waals surface area contributed by atoms with Crippen molar-refractivity contribution in [2.24, 2.45) is 0 Å². The van der Waals surface area contributed by atoms with E-state index in [-0.39, 0.29) is 0 Å². The fourth-order valence-corrected chi connectivity index (χ4v) is 6.87. The van der Waals surface area contributed by atoms with Crippen molar-refractivity contribution in [3.05, 3.63) is 164 Å². The first-order valence-corrected chi connectivity index (χ1v) is 17.5. The number of benzene rings is 7. The molecule has 0 aliphatic rings. The second kappa shape index (κ2) is 14.4. The van der Waals surface area contributed by atoms with Gasteiger partial charge in [0.25, 0.3) is 0 Å². The summed E-state index contributed by atoms with van der Waals surface area (Å²) in [7, 11) is 5.06. The third kappa shape index (κ3) is 6.54. The summed E-state index contributed by atoms with van der Waals surface area (Å²) in [5, 5.41) is 4.89. The second-order valence-electron chi connectivity index (χ2n) is 12.8. The van der Waals surface area contributed by atoms with Gasteiger partial charge in [-0.15, -0.1) is 0 Å². The molecule has 0 fully saturated rings. The first kappa shape index (κ1) is 33.2. The van der Waals surface area contributed by atoms with Gasteiger partial charge < -0.3 is 25.3 Å². The predicted molar refractivity (Wildman–Crippen MR) is 219 cm³/mol. The molecule has 0 atom stereocenters. The van der Waals surface area contributed by atoms with Gasteiger partial charge in [0.05, 0.1) is 38.2 Å². The lowest BCUT2D eigenvalue weighted by atomic mass is 9.97. The molecule has 53 heavy (non-hydrogen) atoms. The Morgan fingerprint density at radius 1 is 0.453 bits per heavy atom. The van der Waals surface area contributed by atoms with E-state index in [4.69, 9.17) is 19.9 Å². The summed E-state index contributed by atoms with van der Waals surface area (Å²) in [6.07, 6.45) is 0. The topological polar surface area (TPSA) is 70.7 Å². The van der Waals surface area contributed by atoms with E-state index in [1.54, 1.807) is 21.3 Å². The van der Waals surface area contributed by atoms with E-state index < -0.39 is 0 Å². The summed E-state index contributed by atoms with van der Waals surface area (Å²) in [5.74, 6) is 3.40. The number of hydrogen-bond donors (Lipinski definition) is 2. The normalized spacial score (nSPS) is 11.0. The van der Waals surface area contributed by atoms with Gasteiger partial charge in [-0.2, -0.15) is 0 Å². The van der Waals surface area contributed by atoms with Crippen molar-refractivity contribution >= 4 is 28.1 Å². The summed E-state index contributed by atoms with van der Waals surface area (Å²) in [4.78, 5) is 0. The molecule has 0 aliphatic heterocycles. The Kier molecular flexibility index (Phi) is 9.01. The number of rotatable bonds is 10. The van der Waals surface area contributed by atoms with Crippen LogP contribution in [0.3, 0.4) is 0 Å². The van der Waals surface area contributed by atoms with E-state index in [2.05, 4.69) is 113 Å². The minimum atomic E-state index is 0.666. The van der Waals surface area contributed by atoms with Gasteiger partial charge in [0.1, 0.15) is 23.1 Å². The first-order valence-electron chi connectivity index (χ1n) is 17.5. The van der Waals surface area contributed by atoms with Crippen LogP contribution in [0, 0.1) is 0 Å². The molecule has 0 saturated carbocycles. The van der Waals surface area contributed by atoms with Gasteiger partial charge in [-0.1, -0.05) is 91.0 Å². The van der Waals surface area contributed by atoms with Crippen molar-refractivity contribution in [3.8, 4) is 67.4 Å². The van der Waals surface area contributed by atoms with E-state index in [1.807, 2.05) is 60.7 Å². The van der Waals surface area contributed by atoms with Crippen LogP contribution in [0.15, 0.2) is 164 Å². The third-order valence-electron chi connectivity index (χ3n) is 9.75. The number of nitrogen functional groups attached to an aromatic ring is 1. The molecule has 7 aromatic carbocycles. The molecule has 6 heteroatoms. The number of methoxy groups -OCH3 is 3. The van der Waals surface area contributed by atoms with Crippen LogP contribution >= 0.6 is 0 Å². The van der Waals surface area contributed by atoms with E-state index >= 15 is 0 Å². The van der Waals surface area contributed by atoms with Crippen LogP contribution in [-0.4, -0.2) is 25.9 Å². The largest absolute Gasteiger partial charge is 0.497 e. The monoisotopic (exact) mass is 693 g/mol. The lowest BCUT2D eigenvalue weighted by molar-refractivity contribution is 0.415. The molecule has 3 N–H and O–H groups in total. The zero-order valence-corrected chi connectivity index (χ0v) is 29.8. The number of aromatic nitrogens is 1. The molecule has 1 aromatic heterocycles. The van der Waals surface area contributed by atoms with Crippen LogP contribution in [0.5, 0.6) is 17.2 Å². The van der Waals surface area contributed by atoms with Crippen LogP contribution in [-0.2, 0) is 0 Å². The van der Waals surface area contributed by atoms with Crippen molar-refractivity contribution in [2.45, 2.75) is 0 Å². The van der Waals surface area contributed by atoms with E-state index in [1.165, 1.54) is 0 Å². The molecule has 0 aliphatic carbocycles. The van der Waals surface area contributed by atoms with Crippen molar-refractivity contribution in [2.75, 3.05) is 32.4 Å². The molecule has 1 heterocycles. The molecule has 0 saturated heterocycles. The quantitative estimate of drug-likeness (QED) is 0.140. The van der Waals surface area contributed by atoms with Gasteiger partial charge in [-0.05, 0) is 112 Å². The summed E-state index contributed by atoms with van der Waals surface area (Å²) in [6, 6.07) is 56.5. The number of nitrogens with one attached hydrogen (secondary N) is 1. The second-order valence-corrected chi connectivity index (χ2v) is 12.8. The van der Waals surface area contributed by atoms with Gasteiger partial charge in [0.2, 0.25) is 0 Å². The molecule has 260 valence electrons. The number of anilines is 3. The highest BCUT2D eigenvalue weighted by Crippen LogP contribution is 2.44. The molecular weight excluding hydrogens is 655 g/mol. The van der Waals surface area contributed by atoms with Crippen molar-refractivity contribution in [1.29, 1.82) is 0 Å². The Labute approximate surface area is 309 Å². The van der Waals surface area contributed by atoms with Gasteiger partial charge in [-0.3, -0.25) is 4.57 Å². The lowest BCUT2D eigenvalue weighted by Crippen LogP contribution is -2.03. The molecule has 0 unspecified atom stereocenters. The number of ether oxygens (including phenoxy) is 3. The van der Waals surface area contributed by atoms with Crippen LogP contribution in [0.1, 0.15) is 0 Å². The third-order valence-corrected chi connectivity index (χ3v) is 9.75. The minimum Gasteiger partial charge on any atom is -0.497 e. The average molecular weight is 694 g/mol. The Morgan fingerprint density at radius 2 is 0.868 bits per heavy atom. The molecule has 0 spiro atoms. The molecule has 8 aromatic rings. The molecule has 0 bridgehead atoms. The highest BCUT2D eigenvalue weighted by Gasteiger charge is 2.22.